The molecule has 1 aromatic rings. The average Bonchev–Trinajstić information content (AvgIpc) is 2.09. The zero-order valence-electron chi connectivity index (χ0n) is 7.03. The predicted octanol–water partition coefficient (Wildman–Crippen LogP) is 2.03. The molecule has 1 aromatic carbocycles. The van der Waals surface area contributed by atoms with Crippen LogP contribution < -0.4 is 0 Å². The molecule has 66 valence electrons. The Bertz CT molecular complexity index is 218. The fourth-order valence-corrected chi connectivity index (χ4v) is 1.57. The van der Waals surface area contributed by atoms with Gasteiger partial charge in [0.05, 0.1) is 0 Å². The second-order valence-corrected chi connectivity index (χ2v) is 3.79. The van der Waals surface area contributed by atoms with Crippen molar-refractivity contribution < 1.29 is 5.11 Å². The Morgan fingerprint density at radius 2 is 1.75 bits per heavy atom. The molecule has 0 aliphatic heterocycles. The molecule has 1 N–H and O–H groups in total. The van der Waals surface area contributed by atoms with Crippen LogP contribution in [-0.4, -0.2) is 21.1 Å². The molecular formula is C10H14OSe. The Balaban J connectivity index is 2.37. The van der Waals surface area contributed by atoms with Crippen molar-refractivity contribution in [2.24, 2.45) is 0 Å². The summed E-state index contributed by atoms with van der Waals surface area (Å²) >= 11 is 2.60. The van der Waals surface area contributed by atoms with Gasteiger partial charge in [-0.05, 0) is 0 Å². The molecule has 0 spiro atoms. The van der Waals surface area contributed by atoms with E-state index >= 15 is 0 Å². The minimum absolute atomic E-state index is 0.353. The van der Waals surface area contributed by atoms with Crippen LogP contribution in [0.2, 0.25) is 5.32 Å². The molecule has 0 atom stereocenters. The Morgan fingerprint density at radius 3 is 2.33 bits per heavy atom. The van der Waals surface area contributed by atoms with Crippen molar-refractivity contribution in [1.82, 2.24) is 0 Å². The monoisotopic (exact) mass is 230 g/mol. The van der Waals surface area contributed by atoms with E-state index in [4.69, 9.17) is 5.11 Å². The normalized spacial score (nSPS) is 10.1. The van der Waals surface area contributed by atoms with Crippen LogP contribution in [0.25, 0.3) is 0 Å². The summed E-state index contributed by atoms with van der Waals surface area (Å²) in [6.07, 6.45) is 3.62. The van der Waals surface area contributed by atoms with Gasteiger partial charge in [-0.2, -0.15) is 0 Å². The molecule has 2 heteroatoms. The zero-order chi connectivity index (χ0) is 8.81. The number of rotatable bonds is 4. The molecule has 0 aromatic heterocycles. The van der Waals surface area contributed by atoms with Gasteiger partial charge >= 0.3 is 81.3 Å². The molecule has 0 saturated heterocycles. The maximum atomic E-state index is 9.03. The first-order valence-electron chi connectivity index (χ1n) is 4.21. The summed E-state index contributed by atoms with van der Waals surface area (Å²) in [6, 6.07) is 7.47. The summed E-state index contributed by atoms with van der Waals surface area (Å²) in [5.41, 5.74) is 1.31. The van der Waals surface area contributed by atoms with Gasteiger partial charge in [0.1, 0.15) is 0 Å². The van der Waals surface area contributed by atoms with Crippen LogP contribution in [0, 0.1) is 0 Å². The van der Waals surface area contributed by atoms with E-state index in [0.29, 0.717) is 5.75 Å². The second-order valence-electron chi connectivity index (χ2n) is 2.85. The summed E-state index contributed by atoms with van der Waals surface area (Å²) in [4.78, 5) is 0. The number of aromatic hydroxyl groups is 1. The quantitative estimate of drug-likeness (QED) is 0.618. The van der Waals surface area contributed by atoms with Crippen LogP contribution >= 0.6 is 0 Å². The van der Waals surface area contributed by atoms with Crippen LogP contribution in [-0.2, 0) is 6.42 Å². The Morgan fingerprint density at radius 1 is 1.08 bits per heavy atom. The number of unbranched alkanes of at least 4 members (excludes halogenated alkanes) is 1. The van der Waals surface area contributed by atoms with Gasteiger partial charge in [0, 0.05) is 0 Å². The number of hydrogen-bond donors (Lipinski definition) is 1. The third-order valence-electron chi connectivity index (χ3n) is 1.81. The molecule has 0 aliphatic carbocycles. The van der Waals surface area contributed by atoms with E-state index in [1.165, 1.54) is 23.7 Å². The van der Waals surface area contributed by atoms with Crippen LogP contribution in [0.15, 0.2) is 24.3 Å². The van der Waals surface area contributed by atoms with Gasteiger partial charge in [0.2, 0.25) is 0 Å². The van der Waals surface area contributed by atoms with Crippen molar-refractivity contribution in [2.75, 3.05) is 0 Å². The van der Waals surface area contributed by atoms with Crippen molar-refractivity contribution in [2.45, 2.75) is 24.6 Å². The van der Waals surface area contributed by atoms with Gasteiger partial charge in [-0.1, -0.05) is 0 Å². The first kappa shape index (κ1) is 9.63. The summed E-state index contributed by atoms with van der Waals surface area (Å²) in [5, 5.41) is 10.2. The van der Waals surface area contributed by atoms with Crippen molar-refractivity contribution in [3.63, 3.8) is 0 Å². The van der Waals surface area contributed by atoms with Crippen molar-refractivity contribution in [1.29, 1.82) is 0 Å². The molecule has 0 heterocycles. The van der Waals surface area contributed by atoms with Gasteiger partial charge in [-0.3, -0.25) is 0 Å². The molecule has 1 nitrogen and oxygen atoms in total. The molecule has 12 heavy (non-hydrogen) atoms. The third kappa shape index (κ3) is 3.29. The van der Waals surface area contributed by atoms with E-state index in [1.807, 2.05) is 12.1 Å². The molecule has 0 aliphatic rings. The molecule has 0 radical (unpaired) electrons. The minimum atomic E-state index is 0.353. The van der Waals surface area contributed by atoms with E-state index in [2.05, 4.69) is 16.0 Å². The molecule has 1 rings (SSSR count). The average molecular weight is 229 g/mol. The summed E-state index contributed by atoms with van der Waals surface area (Å²) in [5.74, 6) is 0.353. The standard InChI is InChI=1S/C10H14OSe/c11-10-6-4-9(5-7-10)3-1-2-8-12/h4-7,11-12H,1-3,8H2. The van der Waals surface area contributed by atoms with Crippen molar-refractivity contribution in [3.8, 4) is 5.75 Å². The zero-order valence-corrected chi connectivity index (χ0v) is 8.91. The first-order chi connectivity index (χ1) is 5.83. The number of aryl methyl sites for hydroxylation is 1. The van der Waals surface area contributed by atoms with Crippen LogP contribution in [0.5, 0.6) is 5.75 Å². The van der Waals surface area contributed by atoms with Gasteiger partial charge in [0.25, 0.3) is 0 Å². The molecule has 0 fully saturated rings. The number of benzene rings is 1. The maximum absolute atomic E-state index is 9.03. The number of phenols is 1. The van der Waals surface area contributed by atoms with Crippen molar-refractivity contribution in [3.05, 3.63) is 29.8 Å². The van der Waals surface area contributed by atoms with Crippen LogP contribution in [0.3, 0.4) is 0 Å². The van der Waals surface area contributed by atoms with Gasteiger partial charge in [-0.15, -0.1) is 0 Å². The Labute approximate surface area is 81.6 Å². The topological polar surface area (TPSA) is 20.2 Å². The van der Waals surface area contributed by atoms with E-state index in [0.717, 1.165) is 6.42 Å². The van der Waals surface area contributed by atoms with E-state index in [1.54, 1.807) is 12.1 Å². The van der Waals surface area contributed by atoms with Gasteiger partial charge in [-0.25, -0.2) is 0 Å². The number of phenolic OH excluding ortho intramolecular Hbond substituents is 1. The van der Waals surface area contributed by atoms with Crippen molar-refractivity contribution >= 4 is 16.0 Å². The van der Waals surface area contributed by atoms with Crippen LogP contribution in [0.4, 0.5) is 0 Å². The molecule has 0 bridgehead atoms. The van der Waals surface area contributed by atoms with Crippen LogP contribution in [0.1, 0.15) is 18.4 Å². The van der Waals surface area contributed by atoms with E-state index in [-0.39, 0.29) is 0 Å². The van der Waals surface area contributed by atoms with E-state index in [9.17, 15) is 0 Å². The first-order valence-corrected chi connectivity index (χ1v) is 5.54. The fraction of sp³-hybridized carbons (Fsp3) is 0.400. The Kier molecular flexibility index (Phi) is 4.20. The fourth-order valence-electron chi connectivity index (χ4n) is 1.10. The van der Waals surface area contributed by atoms with E-state index < -0.39 is 0 Å². The molecule has 0 amide bonds. The third-order valence-corrected chi connectivity index (χ3v) is 2.47. The van der Waals surface area contributed by atoms with Gasteiger partial charge < -0.3 is 0 Å². The molecular weight excluding hydrogens is 215 g/mol. The molecule has 0 saturated carbocycles. The molecule has 0 unspecified atom stereocenters. The Hall–Kier alpha value is -0.461. The summed E-state index contributed by atoms with van der Waals surface area (Å²) < 4.78 is 0. The predicted molar refractivity (Wildman–Crippen MR) is 53.0 cm³/mol. The number of hydrogen-bond acceptors (Lipinski definition) is 1. The summed E-state index contributed by atoms with van der Waals surface area (Å²) in [6.45, 7) is 0. The second kappa shape index (κ2) is 5.23. The van der Waals surface area contributed by atoms with Gasteiger partial charge in [0.15, 0.2) is 0 Å². The summed E-state index contributed by atoms with van der Waals surface area (Å²) in [7, 11) is 0. The SMILES string of the molecule is Oc1ccc(CCCC[SeH])cc1.